The van der Waals surface area contributed by atoms with E-state index in [1.807, 2.05) is 9.80 Å². The van der Waals surface area contributed by atoms with Crippen LogP contribution in [0.2, 0.25) is 0 Å². The van der Waals surface area contributed by atoms with Crippen molar-refractivity contribution in [2.45, 2.75) is 65.0 Å². The highest BCUT2D eigenvalue weighted by molar-refractivity contribution is 5.80. The van der Waals surface area contributed by atoms with Crippen LogP contribution >= 0.6 is 0 Å². The molecule has 0 saturated carbocycles. The first-order valence-corrected chi connectivity index (χ1v) is 14.3. The summed E-state index contributed by atoms with van der Waals surface area (Å²) in [4.78, 5) is 44.5. The van der Waals surface area contributed by atoms with Gasteiger partial charge in [0.05, 0.1) is 19.1 Å². The molecule has 3 aliphatic rings. The Labute approximate surface area is 236 Å². The van der Waals surface area contributed by atoms with E-state index < -0.39 is 23.8 Å². The van der Waals surface area contributed by atoms with Crippen molar-refractivity contribution in [3.05, 3.63) is 23.3 Å². The van der Waals surface area contributed by atoms with Gasteiger partial charge in [0.2, 0.25) is 18.6 Å². The molecule has 2 fully saturated rings. The summed E-state index contributed by atoms with van der Waals surface area (Å²) in [6.07, 6.45) is 2.72. The van der Waals surface area contributed by atoms with Gasteiger partial charge in [-0.25, -0.2) is 0 Å². The molecule has 40 heavy (non-hydrogen) atoms. The molecule has 1 aromatic carbocycles. The Bertz CT molecular complexity index is 1090. The van der Waals surface area contributed by atoms with Crippen LogP contribution in [0.25, 0.3) is 0 Å². The number of aliphatic hydroxyl groups is 1. The van der Waals surface area contributed by atoms with Gasteiger partial charge in [-0.3, -0.25) is 19.3 Å². The van der Waals surface area contributed by atoms with Crippen LogP contribution in [0.5, 0.6) is 11.5 Å². The molecule has 2 amide bonds. The van der Waals surface area contributed by atoms with Gasteiger partial charge in [0.15, 0.2) is 11.5 Å². The number of fused-ring (bicyclic) bond motifs is 1. The number of carbonyl (C=O) groups is 3. The second kappa shape index (κ2) is 12.7. The van der Waals surface area contributed by atoms with Crippen molar-refractivity contribution in [1.29, 1.82) is 0 Å². The molecule has 0 bridgehead atoms. The van der Waals surface area contributed by atoms with Crippen LogP contribution in [-0.2, 0) is 21.0 Å². The van der Waals surface area contributed by atoms with E-state index in [-0.39, 0.29) is 37.2 Å². The van der Waals surface area contributed by atoms with Crippen LogP contribution in [0.4, 0.5) is 0 Å². The zero-order valence-electron chi connectivity index (χ0n) is 23.9. The van der Waals surface area contributed by atoms with Gasteiger partial charge in [-0.05, 0) is 36.0 Å². The third-order valence-corrected chi connectivity index (χ3v) is 8.37. The molecule has 0 aromatic heterocycles. The molecule has 11 heteroatoms. The Morgan fingerprint density at radius 2 is 2.00 bits per heavy atom. The van der Waals surface area contributed by atoms with E-state index in [0.29, 0.717) is 69.2 Å². The van der Waals surface area contributed by atoms with Gasteiger partial charge in [-0.15, -0.1) is 0 Å². The number of benzene rings is 1. The van der Waals surface area contributed by atoms with Gasteiger partial charge < -0.3 is 35.2 Å². The predicted octanol–water partition coefficient (Wildman–Crippen LogP) is 1.61. The molecule has 11 nitrogen and oxygen atoms in total. The monoisotopic (exact) mass is 560 g/mol. The molecule has 1 aromatic rings. The first-order valence-electron chi connectivity index (χ1n) is 14.3. The van der Waals surface area contributed by atoms with Gasteiger partial charge in [-0.2, -0.15) is 0 Å². The van der Waals surface area contributed by atoms with E-state index in [2.05, 4.69) is 20.8 Å². The third-order valence-electron chi connectivity index (χ3n) is 8.37. The summed E-state index contributed by atoms with van der Waals surface area (Å²) < 4.78 is 11.1. The van der Waals surface area contributed by atoms with Gasteiger partial charge in [-0.1, -0.05) is 27.2 Å². The lowest BCUT2D eigenvalue weighted by Gasteiger charge is -2.31. The molecular formula is C29H44N4O7. The van der Waals surface area contributed by atoms with Crippen LogP contribution in [0.1, 0.15) is 63.5 Å². The number of aliphatic carboxylic acids is 1. The number of hydrogen-bond donors (Lipinski definition) is 3. The molecule has 0 spiro atoms. The van der Waals surface area contributed by atoms with E-state index in [9.17, 15) is 24.6 Å². The summed E-state index contributed by atoms with van der Waals surface area (Å²) in [5.74, 6) is -1.26. The van der Waals surface area contributed by atoms with E-state index in [1.54, 1.807) is 17.0 Å². The molecule has 4 N–H and O–H groups in total. The maximum absolute atomic E-state index is 13.5. The van der Waals surface area contributed by atoms with E-state index >= 15 is 0 Å². The minimum atomic E-state index is -0.953. The SMILES string of the molecule is CCCCN(CCN)C(=O)CN1C[C@H](c2cc(CO)c3c(c2)OCO3)[C@@H](C(=O)O)[C@@H]1CCN1CC(C)(C)CC1=O. The number of likely N-dealkylation sites (tertiary alicyclic amines) is 2. The average molecular weight is 561 g/mol. The number of rotatable bonds is 13. The molecule has 3 atom stereocenters. The summed E-state index contributed by atoms with van der Waals surface area (Å²) >= 11 is 0. The summed E-state index contributed by atoms with van der Waals surface area (Å²) in [6.45, 7) is 8.84. The maximum Gasteiger partial charge on any atom is 0.308 e. The Morgan fingerprint density at radius 3 is 2.62 bits per heavy atom. The van der Waals surface area contributed by atoms with Crippen LogP contribution in [0.15, 0.2) is 12.1 Å². The van der Waals surface area contributed by atoms with Crippen LogP contribution in [0.3, 0.4) is 0 Å². The van der Waals surface area contributed by atoms with Gasteiger partial charge >= 0.3 is 5.97 Å². The molecule has 222 valence electrons. The molecule has 0 radical (unpaired) electrons. The second-order valence-electron chi connectivity index (χ2n) is 12.0. The minimum absolute atomic E-state index is 0.0387. The standard InChI is InChI=1S/C29H44N4O7/c1-4-5-8-31(10-7-30)25(36)15-33-14-21(19-11-20(16-34)27-23(12-19)39-18-40-27)26(28(37)38)22(33)6-9-32-17-29(2,3)13-24(32)35/h11-12,21-22,26,34H,4-10,13-18,30H2,1-3H3,(H,37,38)/t21-,22+,26-/m1/s1. The summed E-state index contributed by atoms with van der Waals surface area (Å²) in [5, 5.41) is 20.5. The molecule has 0 unspecified atom stereocenters. The van der Waals surface area contributed by atoms with Crippen molar-refractivity contribution in [3.63, 3.8) is 0 Å². The number of carboxylic acids is 1. The lowest BCUT2D eigenvalue weighted by molar-refractivity contribution is -0.144. The van der Waals surface area contributed by atoms with Crippen LogP contribution < -0.4 is 15.2 Å². The van der Waals surface area contributed by atoms with E-state index in [0.717, 1.165) is 18.4 Å². The third kappa shape index (κ3) is 6.53. The Kier molecular flexibility index (Phi) is 9.58. The van der Waals surface area contributed by atoms with Crippen molar-refractivity contribution >= 4 is 17.8 Å². The lowest BCUT2D eigenvalue weighted by Crippen LogP contribution is -2.46. The Hall–Kier alpha value is -2.89. The number of unbranched alkanes of at least 4 members (excludes halogenated alkanes) is 1. The first-order chi connectivity index (χ1) is 19.1. The molecule has 2 saturated heterocycles. The second-order valence-corrected chi connectivity index (χ2v) is 12.0. The topological polar surface area (TPSA) is 146 Å². The highest BCUT2D eigenvalue weighted by Crippen LogP contribution is 2.44. The number of amides is 2. The summed E-state index contributed by atoms with van der Waals surface area (Å²) in [6, 6.07) is 3.11. The number of hydrogen-bond acceptors (Lipinski definition) is 8. The normalized spacial score (nSPS) is 23.7. The summed E-state index contributed by atoms with van der Waals surface area (Å²) in [7, 11) is 0. The number of carbonyl (C=O) groups excluding carboxylic acids is 2. The fourth-order valence-electron chi connectivity index (χ4n) is 6.44. The van der Waals surface area contributed by atoms with Crippen molar-refractivity contribution < 1.29 is 34.1 Å². The van der Waals surface area contributed by atoms with Gasteiger partial charge in [0, 0.05) is 63.2 Å². The zero-order valence-corrected chi connectivity index (χ0v) is 23.9. The fourth-order valence-corrected chi connectivity index (χ4v) is 6.44. The van der Waals surface area contributed by atoms with Crippen molar-refractivity contribution in [2.75, 3.05) is 52.6 Å². The van der Waals surface area contributed by atoms with Gasteiger partial charge in [0.1, 0.15) is 0 Å². The molecule has 4 rings (SSSR count). The highest BCUT2D eigenvalue weighted by Gasteiger charge is 2.48. The van der Waals surface area contributed by atoms with Crippen molar-refractivity contribution in [1.82, 2.24) is 14.7 Å². The molecular weight excluding hydrogens is 516 g/mol. The zero-order chi connectivity index (χ0) is 29.0. The van der Waals surface area contributed by atoms with Crippen LogP contribution in [0, 0.1) is 11.3 Å². The van der Waals surface area contributed by atoms with Crippen molar-refractivity contribution in [3.8, 4) is 11.5 Å². The molecule has 3 aliphatic heterocycles. The van der Waals surface area contributed by atoms with E-state index in [1.165, 1.54) is 0 Å². The Balaban J connectivity index is 1.63. The summed E-state index contributed by atoms with van der Waals surface area (Å²) in [5.41, 5.74) is 6.94. The lowest BCUT2D eigenvalue weighted by atomic mass is 9.83. The highest BCUT2D eigenvalue weighted by atomic mass is 16.7. The maximum atomic E-state index is 13.5. The van der Waals surface area contributed by atoms with Gasteiger partial charge in [0.25, 0.3) is 0 Å². The predicted molar refractivity (Wildman–Crippen MR) is 148 cm³/mol. The molecule has 3 heterocycles. The number of ether oxygens (including phenoxy) is 2. The van der Waals surface area contributed by atoms with Crippen molar-refractivity contribution in [2.24, 2.45) is 17.1 Å². The fraction of sp³-hybridized carbons (Fsp3) is 0.690. The number of nitrogens with zero attached hydrogens (tertiary/aromatic N) is 3. The number of aliphatic hydroxyl groups excluding tert-OH is 1. The Morgan fingerprint density at radius 1 is 1.23 bits per heavy atom. The molecule has 0 aliphatic carbocycles. The quantitative estimate of drug-likeness (QED) is 0.327. The first kappa shape index (κ1) is 30.1. The number of carboxylic acid groups (broad SMARTS) is 1. The average Bonchev–Trinajstić information content (AvgIpc) is 3.59. The van der Waals surface area contributed by atoms with E-state index in [4.69, 9.17) is 15.2 Å². The minimum Gasteiger partial charge on any atom is -0.481 e. The van der Waals surface area contributed by atoms with Crippen LogP contribution in [-0.4, -0.2) is 101 Å². The largest absolute Gasteiger partial charge is 0.481 e. The smallest absolute Gasteiger partial charge is 0.308 e. The number of nitrogens with two attached hydrogens (primary N) is 1.